The van der Waals surface area contributed by atoms with Crippen molar-refractivity contribution in [1.82, 2.24) is 14.5 Å². The van der Waals surface area contributed by atoms with Crippen LogP contribution in [0.4, 0.5) is 11.5 Å². The van der Waals surface area contributed by atoms with E-state index < -0.39 is 0 Å². The number of carbonyl (C=O) groups is 1. The Balaban J connectivity index is 1.74. The fourth-order valence-corrected chi connectivity index (χ4v) is 3.54. The van der Waals surface area contributed by atoms with Crippen LogP contribution in [0, 0.1) is 6.92 Å². The van der Waals surface area contributed by atoms with E-state index in [-0.39, 0.29) is 5.91 Å². The molecule has 3 heterocycles. The second-order valence-corrected chi connectivity index (χ2v) is 7.13. The number of halogens is 1. The normalized spacial score (nSPS) is 14.6. The first-order valence-corrected chi connectivity index (χ1v) is 9.26. The molecule has 1 saturated heterocycles. The zero-order valence-corrected chi connectivity index (χ0v) is 16.1. The zero-order chi connectivity index (χ0) is 19.0. The van der Waals surface area contributed by atoms with Gasteiger partial charge in [-0.15, -0.1) is 0 Å². The van der Waals surface area contributed by atoms with Crippen molar-refractivity contribution in [1.29, 1.82) is 0 Å². The van der Waals surface area contributed by atoms with Crippen LogP contribution in [0.1, 0.15) is 15.9 Å². The molecule has 27 heavy (non-hydrogen) atoms. The molecule has 1 aliphatic heterocycles. The number of ether oxygens (including phenoxy) is 1. The Morgan fingerprint density at radius 1 is 1.26 bits per heavy atom. The van der Waals surface area contributed by atoms with E-state index in [1.54, 1.807) is 6.20 Å². The lowest BCUT2D eigenvalue weighted by Crippen LogP contribution is -2.40. The fourth-order valence-electron chi connectivity index (χ4n) is 3.37. The number of fused-ring (bicyclic) bond motifs is 1. The van der Waals surface area contributed by atoms with Gasteiger partial charge >= 0.3 is 0 Å². The highest BCUT2D eigenvalue weighted by atomic mass is 35.5. The summed E-state index contributed by atoms with van der Waals surface area (Å²) in [6, 6.07) is 7.67. The lowest BCUT2D eigenvalue weighted by Gasteiger charge is -2.27. The average Bonchev–Trinajstić information content (AvgIpc) is 3.07. The number of hydrogen-bond donors (Lipinski definition) is 1. The molecule has 0 atom stereocenters. The molecule has 4 rings (SSSR count). The van der Waals surface area contributed by atoms with E-state index in [0.717, 1.165) is 22.2 Å². The monoisotopic (exact) mass is 384 g/mol. The number of nitrogens with zero attached hydrogens (tertiary/aromatic N) is 3. The number of anilines is 2. The van der Waals surface area contributed by atoms with Crippen LogP contribution in [0.3, 0.4) is 0 Å². The minimum absolute atomic E-state index is 0.0110. The number of morpholine rings is 1. The van der Waals surface area contributed by atoms with Crippen molar-refractivity contribution in [2.75, 3.05) is 31.6 Å². The first-order valence-electron chi connectivity index (χ1n) is 8.89. The molecule has 0 spiro atoms. The molecule has 1 aromatic carbocycles. The molecule has 140 valence electrons. The van der Waals surface area contributed by atoms with E-state index in [9.17, 15) is 4.79 Å². The van der Waals surface area contributed by atoms with E-state index in [4.69, 9.17) is 16.3 Å². The number of aryl methyl sites for hydroxylation is 2. The van der Waals surface area contributed by atoms with Crippen molar-refractivity contribution < 1.29 is 9.53 Å². The van der Waals surface area contributed by atoms with Crippen molar-refractivity contribution in [3.8, 4) is 0 Å². The first kappa shape index (κ1) is 17.8. The van der Waals surface area contributed by atoms with Crippen molar-refractivity contribution >= 4 is 39.9 Å². The van der Waals surface area contributed by atoms with E-state index in [1.807, 2.05) is 53.9 Å². The van der Waals surface area contributed by atoms with E-state index in [1.165, 1.54) is 0 Å². The third kappa shape index (κ3) is 3.38. The Morgan fingerprint density at radius 3 is 2.81 bits per heavy atom. The molecule has 0 unspecified atom stereocenters. The third-order valence-corrected chi connectivity index (χ3v) is 5.12. The lowest BCUT2D eigenvalue weighted by molar-refractivity contribution is 0.0303. The van der Waals surface area contributed by atoms with Gasteiger partial charge in [-0.1, -0.05) is 17.7 Å². The van der Waals surface area contributed by atoms with Gasteiger partial charge in [0.2, 0.25) is 0 Å². The van der Waals surface area contributed by atoms with Gasteiger partial charge < -0.3 is 19.5 Å². The van der Waals surface area contributed by atoms with Crippen molar-refractivity contribution in [2.24, 2.45) is 7.05 Å². The number of hydrogen-bond acceptors (Lipinski definition) is 4. The number of rotatable bonds is 3. The summed E-state index contributed by atoms with van der Waals surface area (Å²) in [6.07, 6.45) is 3.60. The fraction of sp³-hybridized carbons (Fsp3) is 0.300. The first-order chi connectivity index (χ1) is 13.0. The van der Waals surface area contributed by atoms with Crippen LogP contribution in [0.15, 0.2) is 36.7 Å². The summed E-state index contributed by atoms with van der Waals surface area (Å²) < 4.78 is 7.31. The molecule has 6 nitrogen and oxygen atoms in total. The zero-order valence-electron chi connectivity index (χ0n) is 15.3. The topological polar surface area (TPSA) is 59.4 Å². The minimum Gasteiger partial charge on any atom is -0.378 e. The van der Waals surface area contributed by atoms with Crippen LogP contribution < -0.4 is 5.32 Å². The molecule has 0 bridgehead atoms. The number of aromatic nitrogens is 2. The molecule has 1 fully saturated rings. The SMILES string of the molecule is Cc1ccc(Cl)cc1Nc1ncc(C(=O)N2CCOCC2)c2c1ccn2C. The highest BCUT2D eigenvalue weighted by molar-refractivity contribution is 6.30. The van der Waals surface area contributed by atoms with Crippen LogP contribution in [0.25, 0.3) is 10.9 Å². The number of nitrogens with one attached hydrogen (secondary N) is 1. The van der Waals surface area contributed by atoms with Crippen LogP contribution in [-0.4, -0.2) is 46.7 Å². The van der Waals surface area contributed by atoms with Crippen LogP contribution in [-0.2, 0) is 11.8 Å². The quantitative estimate of drug-likeness (QED) is 0.747. The number of carbonyl (C=O) groups excluding carboxylic acids is 1. The predicted octanol–water partition coefficient (Wildman–Crippen LogP) is 3.75. The highest BCUT2D eigenvalue weighted by Crippen LogP contribution is 2.30. The van der Waals surface area contributed by atoms with Gasteiger partial charge in [0.15, 0.2) is 0 Å². The third-order valence-electron chi connectivity index (χ3n) is 4.89. The molecule has 1 amide bonds. The van der Waals surface area contributed by atoms with Gasteiger partial charge in [0.25, 0.3) is 5.91 Å². The lowest BCUT2D eigenvalue weighted by atomic mass is 10.1. The molecule has 2 aromatic heterocycles. The van der Waals surface area contributed by atoms with E-state index in [0.29, 0.717) is 42.7 Å². The smallest absolute Gasteiger partial charge is 0.257 e. The maximum absolute atomic E-state index is 13.0. The molecule has 0 saturated carbocycles. The van der Waals surface area contributed by atoms with E-state index in [2.05, 4.69) is 10.3 Å². The molecule has 7 heteroatoms. The van der Waals surface area contributed by atoms with Gasteiger partial charge in [0, 0.05) is 48.6 Å². The summed E-state index contributed by atoms with van der Waals surface area (Å²) >= 11 is 6.13. The summed E-state index contributed by atoms with van der Waals surface area (Å²) in [5.41, 5.74) is 3.43. The predicted molar refractivity (Wildman–Crippen MR) is 107 cm³/mol. The average molecular weight is 385 g/mol. The van der Waals surface area contributed by atoms with Crippen LogP contribution in [0.2, 0.25) is 5.02 Å². The van der Waals surface area contributed by atoms with Gasteiger partial charge in [-0.05, 0) is 30.7 Å². The molecular formula is C20H21ClN4O2. The number of amides is 1. The molecule has 3 aromatic rings. The largest absolute Gasteiger partial charge is 0.378 e. The molecule has 0 radical (unpaired) electrons. The molecule has 0 aliphatic carbocycles. The highest BCUT2D eigenvalue weighted by Gasteiger charge is 2.23. The Labute approximate surface area is 162 Å². The number of pyridine rings is 1. The van der Waals surface area contributed by atoms with Gasteiger partial charge in [-0.25, -0.2) is 4.98 Å². The molecular weight excluding hydrogens is 364 g/mol. The second-order valence-electron chi connectivity index (χ2n) is 6.70. The van der Waals surface area contributed by atoms with Crippen LogP contribution >= 0.6 is 11.6 Å². The molecule has 1 aliphatic rings. The summed E-state index contributed by atoms with van der Waals surface area (Å²) in [4.78, 5) is 19.4. The second kappa shape index (κ2) is 7.21. The Morgan fingerprint density at radius 2 is 2.04 bits per heavy atom. The van der Waals surface area contributed by atoms with Crippen molar-refractivity contribution in [3.63, 3.8) is 0 Å². The summed E-state index contributed by atoms with van der Waals surface area (Å²) in [5.74, 6) is 0.692. The summed E-state index contributed by atoms with van der Waals surface area (Å²) in [6.45, 7) is 4.36. The maximum atomic E-state index is 13.0. The Hall–Kier alpha value is -2.57. The van der Waals surface area contributed by atoms with Crippen LogP contribution in [0.5, 0.6) is 0 Å². The Bertz CT molecular complexity index is 1010. The minimum atomic E-state index is -0.0110. The van der Waals surface area contributed by atoms with Gasteiger partial charge in [0.1, 0.15) is 5.82 Å². The van der Waals surface area contributed by atoms with Crippen molar-refractivity contribution in [3.05, 3.63) is 52.8 Å². The van der Waals surface area contributed by atoms with E-state index >= 15 is 0 Å². The standard InChI is InChI=1S/C20H21ClN4O2/c1-13-3-4-14(21)11-17(13)23-19-15-5-6-24(2)18(15)16(12-22-19)20(26)25-7-9-27-10-8-25/h3-6,11-12H,7-10H2,1-2H3,(H,22,23). The Kier molecular flexibility index (Phi) is 4.76. The maximum Gasteiger partial charge on any atom is 0.257 e. The van der Waals surface area contributed by atoms with Gasteiger partial charge in [-0.3, -0.25) is 4.79 Å². The van der Waals surface area contributed by atoms with Gasteiger partial charge in [0.05, 0.1) is 24.3 Å². The van der Waals surface area contributed by atoms with Crippen molar-refractivity contribution in [2.45, 2.75) is 6.92 Å². The number of benzene rings is 1. The van der Waals surface area contributed by atoms with Gasteiger partial charge in [-0.2, -0.15) is 0 Å². The summed E-state index contributed by atoms with van der Waals surface area (Å²) in [5, 5.41) is 4.92. The summed E-state index contributed by atoms with van der Waals surface area (Å²) in [7, 11) is 1.94. The molecule has 1 N–H and O–H groups in total.